The van der Waals surface area contributed by atoms with Crippen molar-refractivity contribution in [2.45, 2.75) is 32.6 Å². The number of nitrogens with zero attached hydrogens (tertiary/aromatic N) is 4. The predicted octanol–water partition coefficient (Wildman–Crippen LogP) is 2.81. The van der Waals surface area contributed by atoms with Crippen LogP contribution in [0, 0.1) is 0 Å². The number of pyridine rings is 1. The van der Waals surface area contributed by atoms with Crippen LogP contribution in [0.3, 0.4) is 0 Å². The standard InChI is InChI=1S/C23H25N5O4/c1-3-31-20-7-6-18(26-27-20)19-12-30-9-8-28(19)23(29)14-4-5-17-15(10-14)16-11-32-13(2)21(16)22(24)25-17/h4-7,10,13,19H,3,8-9,11-12H2,1-2H3,(H2,24,25)/t13-,19+/m1/s1. The summed E-state index contributed by atoms with van der Waals surface area (Å²) < 4.78 is 16.8. The summed E-state index contributed by atoms with van der Waals surface area (Å²) in [6.45, 7) is 6.12. The molecule has 0 spiro atoms. The van der Waals surface area contributed by atoms with E-state index in [1.54, 1.807) is 17.0 Å². The minimum absolute atomic E-state index is 0.0894. The fraction of sp³-hybridized carbons (Fsp3) is 0.391. The number of hydrogen-bond donors (Lipinski definition) is 1. The predicted molar refractivity (Wildman–Crippen MR) is 117 cm³/mol. The maximum atomic E-state index is 13.5. The molecule has 0 radical (unpaired) electrons. The molecule has 1 saturated heterocycles. The smallest absolute Gasteiger partial charge is 0.254 e. The Labute approximate surface area is 185 Å². The first-order valence-electron chi connectivity index (χ1n) is 10.8. The molecule has 9 nitrogen and oxygen atoms in total. The van der Waals surface area contributed by atoms with Crippen molar-refractivity contribution in [1.82, 2.24) is 20.1 Å². The normalized spacial score (nSPS) is 20.4. The van der Waals surface area contributed by atoms with Gasteiger partial charge in [-0.2, -0.15) is 0 Å². The average molecular weight is 435 g/mol. The Bertz CT molecular complexity index is 1170. The lowest BCUT2D eigenvalue weighted by Gasteiger charge is -2.35. The van der Waals surface area contributed by atoms with Crippen molar-refractivity contribution in [3.8, 4) is 5.88 Å². The number of anilines is 1. The zero-order valence-electron chi connectivity index (χ0n) is 18.1. The number of rotatable bonds is 4. The molecule has 2 N–H and O–H groups in total. The molecule has 0 saturated carbocycles. The van der Waals surface area contributed by atoms with Crippen LogP contribution >= 0.6 is 0 Å². The van der Waals surface area contributed by atoms with Gasteiger partial charge in [-0.3, -0.25) is 4.79 Å². The van der Waals surface area contributed by atoms with Crippen molar-refractivity contribution in [3.05, 3.63) is 52.7 Å². The van der Waals surface area contributed by atoms with E-state index < -0.39 is 0 Å². The summed E-state index contributed by atoms with van der Waals surface area (Å²) in [7, 11) is 0. The van der Waals surface area contributed by atoms with Crippen molar-refractivity contribution >= 4 is 22.6 Å². The fourth-order valence-electron chi connectivity index (χ4n) is 4.39. The van der Waals surface area contributed by atoms with E-state index in [0.717, 1.165) is 22.0 Å². The third-order valence-corrected chi connectivity index (χ3v) is 5.98. The van der Waals surface area contributed by atoms with Gasteiger partial charge in [0.15, 0.2) is 0 Å². The Balaban J connectivity index is 1.48. The highest BCUT2D eigenvalue weighted by atomic mass is 16.5. The van der Waals surface area contributed by atoms with Gasteiger partial charge in [-0.05, 0) is 43.7 Å². The van der Waals surface area contributed by atoms with Crippen LogP contribution in [0.25, 0.3) is 10.9 Å². The molecule has 9 heteroatoms. The lowest BCUT2D eigenvalue weighted by atomic mass is 9.99. The van der Waals surface area contributed by atoms with E-state index in [2.05, 4.69) is 15.2 Å². The summed E-state index contributed by atoms with van der Waals surface area (Å²) >= 11 is 0. The molecule has 2 aliphatic rings. The van der Waals surface area contributed by atoms with Crippen LogP contribution in [-0.2, 0) is 16.1 Å². The van der Waals surface area contributed by atoms with Gasteiger partial charge >= 0.3 is 0 Å². The van der Waals surface area contributed by atoms with Gasteiger partial charge in [-0.1, -0.05) is 0 Å². The summed E-state index contributed by atoms with van der Waals surface area (Å²) in [6.07, 6.45) is -0.108. The second-order valence-corrected chi connectivity index (χ2v) is 7.89. The van der Waals surface area contributed by atoms with Crippen molar-refractivity contribution in [3.63, 3.8) is 0 Å². The highest BCUT2D eigenvalue weighted by molar-refractivity contribution is 5.99. The van der Waals surface area contributed by atoms with E-state index in [-0.39, 0.29) is 18.1 Å². The number of aromatic nitrogens is 3. The van der Waals surface area contributed by atoms with Crippen LogP contribution in [0.5, 0.6) is 5.88 Å². The summed E-state index contributed by atoms with van der Waals surface area (Å²) in [5, 5.41) is 9.28. The topological polar surface area (TPSA) is 113 Å². The lowest BCUT2D eigenvalue weighted by Crippen LogP contribution is -2.43. The molecule has 166 valence electrons. The summed E-state index contributed by atoms with van der Waals surface area (Å²) in [5.41, 5.74) is 10.1. The molecule has 4 heterocycles. The van der Waals surface area contributed by atoms with Crippen LogP contribution in [0.2, 0.25) is 0 Å². The Morgan fingerprint density at radius 1 is 1.28 bits per heavy atom. The van der Waals surface area contributed by atoms with Crippen molar-refractivity contribution in [2.24, 2.45) is 0 Å². The fourth-order valence-corrected chi connectivity index (χ4v) is 4.39. The van der Waals surface area contributed by atoms with Gasteiger partial charge in [0, 0.05) is 29.1 Å². The number of benzene rings is 1. The Hall–Kier alpha value is -3.30. The molecule has 0 unspecified atom stereocenters. The number of fused-ring (bicyclic) bond motifs is 3. The number of ether oxygens (including phenoxy) is 3. The van der Waals surface area contributed by atoms with Crippen molar-refractivity contribution in [1.29, 1.82) is 0 Å². The summed E-state index contributed by atoms with van der Waals surface area (Å²) in [5.74, 6) is 0.852. The molecular formula is C23H25N5O4. The van der Waals surface area contributed by atoms with Crippen LogP contribution in [0.1, 0.15) is 53.2 Å². The largest absolute Gasteiger partial charge is 0.477 e. The van der Waals surface area contributed by atoms with E-state index in [1.165, 1.54) is 0 Å². The molecule has 2 atom stereocenters. The molecule has 2 aromatic heterocycles. The monoisotopic (exact) mass is 435 g/mol. The molecule has 1 aromatic carbocycles. The van der Waals surface area contributed by atoms with Gasteiger partial charge < -0.3 is 24.8 Å². The van der Waals surface area contributed by atoms with E-state index in [0.29, 0.717) is 55.9 Å². The third kappa shape index (κ3) is 3.53. The van der Waals surface area contributed by atoms with Crippen molar-refractivity contribution in [2.75, 3.05) is 32.1 Å². The average Bonchev–Trinajstić information content (AvgIpc) is 3.22. The maximum Gasteiger partial charge on any atom is 0.254 e. The highest BCUT2D eigenvalue weighted by Gasteiger charge is 2.32. The van der Waals surface area contributed by atoms with Gasteiger partial charge in [-0.15, -0.1) is 10.2 Å². The zero-order valence-corrected chi connectivity index (χ0v) is 18.1. The van der Waals surface area contributed by atoms with E-state index in [4.69, 9.17) is 19.9 Å². The van der Waals surface area contributed by atoms with Crippen LogP contribution in [-0.4, -0.2) is 52.4 Å². The van der Waals surface area contributed by atoms with Gasteiger partial charge in [0.2, 0.25) is 5.88 Å². The third-order valence-electron chi connectivity index (χ3n) is 5.98. The molecule has 1 amide bonds. The summed E-state index contributed by atoms with van der Waals surface area (Å²) in [4.78, 5) is 19.9. The molecule has 0 aliphatic carbocycles. The number of nitrogens with two attached hydrogens (primary N) is 1. The molecule has 32 heavy (non-hydrogen) atoms. The van der Waals surface area contributed by atoms with Crippen LogP contribution in [0.15, 0.2) is 30.3 Å². The van der Waals surface area contributed by atoms with Crippen LogP contribution < -0.4 is 10.5 Å². The second-order valence-electron chi connectivity index (χ2n) is 7.89. The molecule has 1 fully saturated rings. The Kier molecular flexibility index (Phi) is 5.36. The zero-order chi connectivity index (χ0) is 22.2. The Morgan fingerprint density at radius 2 is 2.16 bits per heavy atom. The summed E-state index contributed by atoms with van der Waals surface area (Å²) in [6, 6.07) is 8.79. The van der Waals surface area contributed by atoms with E-state index in [1.807, 2.05) is 32.0 Å². The number of carbonyl (C=O) groups is 1. The molecule has 2 aliphatic heterocycles. The van der Waals surface area contributed by atoms with Crippen LogP contribution in [0.4, 0.5) is 5.82 Å². The molecule has 5 rings (SSSR count). The molecule has 3 aromatic rings. The SMILES string of the molecule is CCOc1ccc([C@@H]2COCCN2C(=O)c2ccc3nc(N)c4c(c3c2)CO[C@@H]4C)nn1. The first kappa shape index (κ1) is 20.6. The first-order valence-corrected chi connectivity index (χ1v) is 10.8. The number of morpholine rings is 1. The maximum absolute atomic E-state index is 13.5. The van der Waals surface area contributed by atoms with E-state index in [9.17, 15) is 4.79 Å². The van der Waals surface area contributed by atoms with Gasteiger partial charge in [0.25, 0.3) is 5.91 Å². The minimum atomic E-state index is -0.325. The van der Waals surface area contributed by atoms with Crippen molar-refractivity contribution < 1.29 is 19.0 Å². The molecule has 0 bridgehead atoms. The first-order chi connectivity index (χ1) is 15.6. The minimum Gasteiger partial charge on any atom is -0.477 e. The molecular weight excluding hydrogens is 410 g/mol. The lowest BCUT2D eigenvalue weighted by molar-refractivity contribution is -0.00417. The number of amides is 1. The van der Waals surface area contributed by atoms with Gasteiger partial charge in [0.05, 0.1) is 49.8 Å². The number of hydrogen-bond acceptors (Lipinski definition) is 8. The van der Waals surface area contributed by atoms with E-state index >= 15 is 0 Å². The van der Waals surface area contributed by atoms with Gasteiger partial charge in [0.1, 0.15) is 5.82 Å². The Morgan fingerprint density at radius 3 is 2.94 bits per heavy atom. The van der Waals surface area contributed by atoms with Gasteiger partial charge in [-0.25, -0.2) is 4.98 Å². The highest BCUT2D eigenvalue weighted by Crippen LogP contribution is 2.38. The second kappa shape index (κ2) is 8.33. The quantitative estimate of drug-likeness (QED) is 0.666. The number of nitrogen functional groups attached to an aromatic ring is 1. The number of carbonyl (C=O) groups excluding carboxylic acids is 1.